The van der Waals surface area contributed by atoms with Gasteiger partial charge < -0.3 is 5.73 Å². The third-order valence-corrected chi connectivity index (χ3v) is 4.46. The van der Waals surface area contributed by atoms with E-state index in [4.69, 9.17) is 5.73 Å². The van der Waals surface area contributed by atoms with Crippen LogP contribution in [0.25, 0.3) is 0 Å². The number of hydrogen-bond acceptors (Lipinski definition) is 2. The van der Waals surface area contributed by atoms with Crippen molar-refractivity contribution in [2.45, 2.75) is 24.3 Å². The maximum absolute atomic E-state index is 11.9. The quantitative estimate of drug-likeness (QED) is 0.905. The summed E-state index contributed by atoms with van der Waals surface area (Å²) in [6, 6.07) is 7.94. The molecule has 1 aromatic carbocycles. The fourth-order valence-electron chi connectivity index (χ4n) is 1.30. The summed E-state index contributed by atoms with van der Waals surface area (Å²) in [5.74, 6) is 0.612. The topological polar surface area (TPSA) is 43.1 Å². The number of benzene rings is 1. The van der Waals surface area contributed by atoms with E-state index in [0.29, 0.717) is 12.3 Å². The Hall–Kier alpha value is -0.190. The third-order valence-electron chi connectivity index (χ3n) is 2.22. The average molecular weight is 290 g/mol. The fourth-order valence-corrected chi connectivity index (χ4v) is 2.94. The molecule has 4 heteroatoms. The molecule has 2 atom stereocenters. The number of halogens is 1. The Morgan fingerprint density at radius 3 is 2.87 bits per heavy atom. The summed E-state index contributed by atoms with van der Waals surface area (Å²) in [6.07, 6.45) is 0.820. The molecule has 0 radical (unpaired) electrons. The first kappa shape index (κ1) is 12.9. The van der Waals surface area contributed by atoms with Crippen molar-refractivity contribution in [2.75, 3.05) is 6.54 Å². The molecule has 0 amide bonds. The lowest BCUT2D eigenvalue weighted by Crippen LogP contribution is -2.17. The SMILES string of the molecule is CC(CCN)S(=O)Cc1cccc(Br)c1. The van der Waals surface area contributed by atoms with Crippen molar-refractivity contribution in [1.29, 1.82) is 0 Å². The molecule has 0 heterocycles. The van der Waals surface area contributed by atoms with Gasteiger partial charge in [0.25, 0.3) is 0 Å². The van der Waals surface area contributed by atoms with Gasteiger partial charge in [-0.2, -0.15) is 0 Å². The largest absolute Gasteiger partial charge is 0.330 e. The minimum atomic E-state index is -0.825. The van der Waals surface area contributed by atoms with E-state index >= 15 is 0 Å². The van der Waals surface area contributed by atoms with Crippen LogP contribution in [0.1, 0.15) is 18.9 Å². The standard InChI is InChI=1S/C11H16BrNOS/c1-9(5-6-13)15(14)8-10-3-2-4-11(12)7-10/h2-4,7,9H,5-6,8,13H2,1H3. The fraction of sp³-hybridized carbons (Fsp3) is 0.455. The predicted molar refractivity (Wildman–Crippen MR) is 69.1 cm³/mol. The van der Waals surface area contributed by atoms with E-state index in [1.165, 1.54) is 0 Å². The van der Waals surface area contributed by atoms with Crippen molar-refractivity contribution in [3.8, 4) is 0 Å². The molecule has 2 nitrogen and oxygen atoms in total. The van der Waals surface area contributed by atoms with Crippen LogP contribution in [0.2, 0.25) is 0 Å². The zero-order valence-corrected chi connectivity index (χ0v) is 11.2. The molecule has 0 saturated heterocycles. The van der Waals surface area contributed by atoms with Crippen LogP contribution in [0.4, 0.5) is 0 Å². The van der Waals surface area contributed by atoms with Gasteiger partial charge in [-0.05, 0) is 30.7 Å². The monoisotopic (exact) mass is 289 g/mol. The summed E-state index contributed by atoms with van der Waals surface area (Å²) in [7, 11) is -0.825. The van der Waals surface area contributed by atoms with E-state index in [2.05, 4.69) is 15.9 Å². The first-order valence-electron chi connectivity index (χ1n) is 4.95. The maximum Gasteiger partial charge on any atom is 0.0488 e. The van der Waals surface area contributed by atoms with Crippen LogP contribution in [0, 0.1) is 0 Å². The van der Waals surface area contributed by atoms with Crippen molar-refractivity contribution in [3.05, 3.63) is 34.3 Å². The molecule has 0 aliphatic carbocycles. The van der Waals surface area contributed by atoms with Crippen LogP contribution in [-0.4, -0.2) is 16.0 Å². The van der Waals surface area contributed by atoms with Crippen LogP contribution in [0.3, 0.4) is 0 Å². The van der Waals surface area contributed by atoms with Gasteiger partial charge in [0.1, 0.15) is 0 Å². The summed E-state index contributed by atoms with van der Waals surface area (Å²) >= 11 is 3.40. The van der Waals surface area contributed by atoms with E-state index in [1.54, 1.807) is 0 Å². The first-order chi connectivity index (χ1) is 7.13. The highest BCUT2D eigenvalue weighted by Gasteiger charge is 2.10. The van der Waals surface area contributed by atoms with E-state index in [0.717, 1.165) is 16.5 Å². The second kappa shape index (κ2) is 6.40. The Balaban J connectivity index is 2.58. The highest BCUT2D eigenvalue weighted by atomic mass is 79.9. The summed E-state index contributed by atoms with van der Waals surface area (Å²) in [5.41, 5.74) is 6.55. The molecule has 84 valence electrons. The smallest absolute Gasteiger partial charge is 0.0488 e. The highest BCUT2D eigenvalue weighted by Crippen LogP contribution is 2.15. The Morgan fingerprint density at radius 2 is 2.27 bits per heavy atom. The van der Waals surface area contributed by atoms with Crippen molar-refractivity contribution in [3.63, 3.8) is 0 Å². The molecule has 1 rings (SSSR count). The van der Waals surface area contributed by atoms with Gasteiger partial charge in [0.2, 0.25) is 0 Å². The molecular weight excluding hydrogens is 274 g/mol. The van der Waals surface area contributed by atoms with Gasteiger partial charge in [-0.15, -0.1) is 0 Å². The molecule has 0 aromatic heterocycles. The number of nitrogens with two attached hydrogens (primary N) is 1. The molecule has 0 saturated carbocycles. The molecule has 0 spiro atoms. The number of hydrogen-bond donors (Lipinski definition) is 1. The Kier molecular flexibility index (Phi) is 5.50. The Bertz CT molecular complexity index is 343. The molecule has 2 unspecified atom stereocenters. The molecule has 15 heavy (non-hydrogen) atoms. The molecular formula is C11H16BrNOS. The van der Waals surface area contributed by atoms with Crippen molar-refractivity contribution >= 4 is 26.7 Å². The Labute approximate surface area is 102 Å². The molecule has 2 N–H and O–H groups in total. The second-order valence-corrected chi connectivity index (χ2v) is 6.31. The molecule has 0 aliphatic rings. The lowest BCUT2D eigenvalue weighted by atomic mass is 10.2. The lowest BCUT2D eigenvalue weighted by molar-refractivity contribution is 0.665. The first-order valence-corrected chi connectivity index (χ1v) is 7.12. The van der Waals surface area contributed by atoms with E-state index < -0.39 is 10.8 Å². The van der Waals surface area contributed by atoms with Gasteiger partial charge in [0.05, 0.1) is 0 Å². The second-order valence-electron chi connectivity index (χ2n) is 3.54. The lowest BCUT2D eigenvalue weighted by Gasteiger charge is -2.10. The maximum atomic E-state index is 11.9. The highest BCUT2D eigenvalue weighted by molar-refractivity contribution is 9.10. The Morgan fingerprint density at radius 1 is 1.53 bits per heavy atom. The van der Waals surface area contributed by atoms with Crippen LogP contribution in [-0.2, 0) is 16.6 Å². The average Bonchev–Trinajstić information content (AvgIpc) is 2.18. The van der Waals surface area contributed by atoms with Crippen molar-refractivity contribution in [1.82, 2.24) is 0 Å². The van der Waals surface area contributed by atoms with Crippen LogP contribution in [0.5, 0.6) is 0 Å². The van der Waals surface area contributed by atoms with E-state index in [9.17, 15) is 4.21 Å². The van der Waals surface area contributed by atoms with Gasteiger partial charge in [-0.25, -0.2) is 0 Å². The zero-order valence-electron chi connectivity index (χ0n) is 8.78. The van der Waals surface area contributed by atoms with Crippen molar-refractivity contribution in [2.24, 2.45) is 5.73 Å². The van der Waals surface area contributed by atoms with Crippen LogP contribution < -0.4 is 5.73 Å². The van der Waals surface area contributed by atoms with Gasteiger partial charge in [-0.3, -0.25) is 4.21 Å². The van der Waals surface area contributed by atoms with Gasteiger partial charge in [0.15, 0.2) is 0 Å². The van der Waals surface area contributed by atoms with E-state index in [-0.39, 0.29) is 5.25 Å². The minimum Gasteiger partial charge on any atom is -0.330 e. The summed E-state index contributed by atoms with van der Waals surface area (Å²) in [4.78, 5) is 0. The summed E-state index contributed by atoms with van der Waals surface area (Å²) < 4.78 is 12.9. The van der Waals surface area contributed by atoms with Gasteiger partial charge in [-0.1, -0.05) is 35.0 Å². The normalized spacial score (nSPS) is 14.9. The van der Waals surface area contributed by atoms with E-state index in [1.807, 2.05) is 31.2 Å². The van der Waals surface area contributed by atoms with Gasteiger partial charge in [0, 0.05) is 26.3 Å². The molecule has 0 aliphatic heterocycles. The summed E-state index contributed by atoms with van der Waals surface area (Å²) in [6.45, 7) is 2.59. The predicted octanol–water partition coefficient (Wildman–Crippen LogP) is 2.44. The molecule has 0 bridgehead atoms. The van der Waals surface area contributed by atoms with Crippen LogP contribution in [0.15, 0.2) is 28.7 Å². The van der Waals surface area contributed by atoms with Gasteiger partial charge >= 0.3 is 0 Å². The summed E-state index contributed by atoms with van der Waals surface area (Å²) in [5, 5.41) is 0.175. The van der Waals surface area contributed by atoms with Crippen LogP contribution >= 0.6 is 15.9 Å². The van der Waals surface area contributed by atoms with Crippen molar-refractivity contribution < 1.29 is 4.21 Å². The number of rotatable bonds is 5. The minimum absolute atomic E-state index is 0.175. The zero-order chi connectivity index (χ0) is 11.3. The molecule has 0 fully saturated rings. The molecule has 1 aromatic rings. The third kappa shape index (κ3) is 4.45.